The SMILES string of the molecule is O=c1[nH]c(C23CCC(CC2)CC3)no1. The van der Waals surface area contributed by atoms with E-state index >= 15 is 0 Å². The van der Waals surface area contributed by atoms with Gasteiger partial charge in [0.25, 0.3) is 0 Å². The van der Waals surface area contributed by atoms with Crippen molar-refractivity contribution in [1.29, 1.82) is 0 Å². The van der Waals surface area contributed by atoms with Crippen LogP contribution in [-0.4, -0.2) is 10.1 Å². The molecule has 0 aromatic carbocycles. The Kier molecular flexibility index (Phi) is 1.60. The zero-order valence-corrected chi connectivity index (χ0v) is 8.08. The van der Waals surface area contributed by atoms with E-state index in [1.54, 1.807) is 0 Å². The molecule has 4 rings (SSSR count). The first-order chi connectivity index (χ1) is 6.78. The van der Waals surface area contributed by atoms with Crippen molar-refractivity contribution in [2.24, 2.45) is 5.92 Å². The number of fused-ring (bicyclic) bond motifs is 3. The van der Waals surface area contributed by atoms with Crippen LogP contribution in [0.15, 0.2) is 9.32 Å². The highest BCUT2D eigenvalue weighted by molar-refractivity contribution is 5.10. The van der Waals surface area contributed by atoms with E-state index in [0.717, 1.165) is 11.7 Å². The Labute approximate surface area is 81.7 Å². The Morgan fingerprint density at radius 1 is 1.29 bits per heavy atom. The monoisotopic (exact) mass is 194 g/mol. The maximum absolute atomic E-state index is 10.9. The predicted molar refractivity (Wildman–Crippen MR) is 50.0 cm³/mol. The molecular weight excluding hydrogens is 180 g/mol. The van der Waals surface area contributed by atoms with Crippen LogP contribution < -0.4 is 5.76 Å². The Morgan fingerprint density at radius 3 is 2.43 bits per heavy atom. The van der Waals surface area contributed by atoms with Gasteiger partial charge in [0.05, 0.1) is 0 Å². The molecule has 1 N–H and O–H groups in total. The molecule has 1 aromatic heterocycles. The van der Waals surface area contributed by atoms with Crippen molar-refractivity contribution < 1.29 is 4.52 Å². The van der Waals surface area contributed by atoms with Crippen molar-refractivity contribution >= 4 is 0 Å². The molecule has 0 amide bonds. The summed E-state index contributed by atoms with van der Waals surface area (Å²) in [6, 6.07) is 0. The molecule has 76 valence electrons. The van der Waals surface area contributed by atoms with E-state index in [1.165, 1.54) is 38.5 Å². The molecule has 0 spiro atoms. The number of H-pyrrole nitrogens is 1. The second-order valence-corrected chi connectivity index (χ2v) is 4.71. The molecule has 0 unspecified atom stereocenters. The zero-order chi connectivity index (χ0) is 9.60. The third-order valence-electron chi connectivity index (χ3n) is 4.04. The first-order valence-electron chi connectivity index (χ1n) is 5.35. The fourth-order valence-electron chi connectivity index (χ4n) is 3.06. The van der Waals surface area contributed by atoms with Crippen molar-refractivity contribution in [3.8, 4) is 0 Å². The summed E-state index contributed by atoms with van der Waals surface area (Å²) >= 11 is 0. The van der Waals surface area contributed by atoms with E-state index in [-0.39, 0.29) is 5.41 Å². The van der Waals surface area contributed by atoms with E-state index < -0.39 is 5.76 Å². The summed E-state index contributed by atoms with van der Waals surface area (Å²) in [4.78, 5) is 13.6. The summed E-state index contributed by atoms with van der Waals surface area (Å²) in [5, 5.41) is 3.86. The van der Waals surface area contributed by atoms with E-state index in [0.29, 0.717) is 0 Å². The number of aromatic amines is 1. The zero-order valence-electron chi connectivity index (χ0n) is 8.08. The average Bonchev–Trinajstić information content (AvgIpc) is 2.68. The quantitative estimate of drug-likeness (QED) is 0.738. The Bertz CT molecular complexity index is 371. The average molecular weight is 194 g/mol. The normalized spacial score (nSPS) is 36.1. The lowest BCUT2D eigenvalue weighted by Gasteiger charge is -2.44. The topological polar surface area (TPSA) is 58.9 Å². The van der Waals surface area contributed by atoms with Crippen LogP contribution in [0.1, 0.15) is 44.3 Å². The number of hydrogen-bond donors (Lipinski definition) is 1. The third kappa shape index (κ3) is 1.06. The molecule has 1 heterocycles. The minimum Gasteiger partial charge on any atom is -0.296 e. The van der Waals surface area contributed by atoms with Crippen LogP contribution in [0.3, 0.4) is 0 Å². The van der Waals surface area contributed by atoms with Gasteiger partial charge in [-0.05, 0) is 44.4 Å². The lowest BCUT2D eigenvalue weighted by Crippen LogP contribution is -2.38. The highest BCUT2D eigenvalue weighted by Crippen LogP contribution is 2.50. The van der Waals surface area contributed by atoms with Crippen LogP contribution in [0.4, 0.5) is 0 Å². The van der Waals surface area contributed by atoms with Crippen LogP contribution in [-0.2, 0) is 5.41 Å². The van der Waals surface area contributed by atoms with Gasteiger partial charge in [0.15, 0.2) is 5.82 Å². The molecule has 2 bridgehead atoms. The standard InChI is InChI=1S/C10H14N2O2/c13-9-11-8(12-14-9)10-4-1-7(2-5-10)3-6-10/h7H,1-6H2,(H,11,12,13). The molecule has 0 saturated heterocycles. The van der Waals surface area contributed by atoms with Gasteiger partial charge in [-0.25, -0.2) is 4.79 Å². The molecule has 3 fully saturated rings. The van der Waals surface area contributed by atoms with Crippen LogP contribution in [0.2, 0.25) is 0 Å². The number of nitrogens with one attached hydrogen (secondary N) is 1. The van der Waals surface area contributed by atoms with Crippen molar-refractivity contribution in [1.82, 2.24) is 10.1 Å². The Balaban J connectivity index is 1.99. The van der Waals surface area contributed by atoms with Crippen molar-refractivity contribution in [3.05, 3.63) is 16.4 Å². The van der Waals surface area contributed by atoms with Gasteiger partial charge < -0.3 is 0 Å². The molecule has 4 nitrogen and oxygen atoms in total. The Hall–Kier alpha value is -1.06. The molecule has 3 saturated carbocycles. The van der Waals surface area contributed by atoms with Crippen LogP contribution in [0.25, 0.3) is 0 Å². The summed E-state index contributed by atoms with van der Waals surface area (Å²) in [6.45, 7) is 0. The molecule has 4 heteroatoms. The number of nitrogens with zero attached hydrogens (tertiary/aromatic N) is 1. The van der Waals surface area contributed by atoms with Gasteiger partial charge in [-0.15, -0.1) is 0 Å². The van der Waals surface area contributed by atoms with E-state index in [1.807, 2.05) is 0 Å². The highest BCUT2D eigenvalue weighted by atomic mass is 16.5. The molecule has 0 atom stereocenters. The lowest BCUT2D eigenvalue weighted by molar-refractivity contribution is 0.125. The van der Waals surface area contributed by atoms with Crippen LogP contribution >= 0.6 is 0 Å². The molecule has 0 radical (unpaired) electrons. The van der Waals surface area contributed by atoms with Gasteiger partial charge in [0, 0.05) is 5.41 Å². The van der Waals surface area contributed by atoms with E-state index in [9.17, 15) is 4.79 Å². The summed E-state index contributed by atoms with van der Waals surface area (Å²) in [5.41, 5.74) is 0.140. The highest BCUT2D eigenvalue weighted by Gasteiger charge is 2.44. The van der Waals surface area contributed by atoms with Crippen molar-refractivity contribution in [2.75, 3.05) is 0 Å². The summed E-state index contributed by atoms with van der Waals surface area (Å²) < 4.78 is 4.60. The van der Waals surface area contributed by atoms with Gasteiger partial charge in [-0.3, -0.25) is 9.51 Å². The van der Waals surface area contributed by atoms with E-state index in [4.69, 9.17) is 0 Å². The van der Waals surface area contributed by atoms with Gasteiger partial charge >= 0.3 is 5.76 Å². The molecule has 3 aliphatic rings. The summed E-state index contributed by atoms with van der Waals surface area (Å²) in [6.07, 6.45) is 7.36. The number of aromatic nitrogens is 2. The lowest BCUT2D eigenvalue weighted by atomic mass is 9.60. The second kappa shape index (κ2) is 2.72. The first-order valence-corrected chi connectivity index (χ1v) is 5.35. The summed E-state index contributed by atoms with van der Waals surface area (Å²) in [5.74, 6) is 1.30. The maximum atomic E-state index is 10.9. The molecular formula is C10H14N2O2. The van der Waals surface area contributed by atoms with Crippen molar-refractivity contribution in [2.45, 2.75) is 43.9 Å². The predicted octanol–water partition coefficient (Wildman–Crippen LogP) is 1.58. The Morgan fingerprint density at radius 2 is 1.93 bits per heavy atom. The molecule has 3 aliphatic carbocycles. The smallest absolute Gasteiger partial charge is 0.296 e. The fourth-order valence-corrected chi connectivity index (χ4v) is 3.06. The number of hydrogen-bond acceptors (Lipinski definition) is 3. The van der Waals surface area contributed by atoms with Gasteiger partial charge in [-0.1, -0.05) is 5.16 Å². The van der Waals surface area contributed by atoms with E-state index in [2.05, 4.69) is 14.7 Å². The summed E-state index contributed by atoms with van der Waals surface area (Å²) in [7, 11) is 0. The minimum absolute atomic E-state index is 0.140. The number of rotatable bonds is 1. The van der Waals surface area contributed by atoms with Gasteiger partial charge in [0.1, 0.15) is 0 Å². The first kappa shape index (κ1) is 8.26. The van der Waals surface area contributed by atoms with Crippen molar-refractivity contribution in [3.63, 3.8) is 0 Å². The molecule has 0 aliphatic heterocycles. The minimum atomic E-state index is -0.415. The fraction of sp³-hybridized carbons (Fsp3) is 0.800. The maximum Gasteiger partial charge on any atom is 0.438 e. The molecule has 14 heavy (non-hydrogen) atoms. The largest absolute Gasteiger partial charge is 0.438 e. The third-order valence-corrected chi connectivity index (χ3v) is 4.04. The molecule has 1 aromatic rings. The van der Waals surface area contributed by atoms with Crippen LogP contribution in [0.5, 0.6) is 0 Å². The second-order valence-electron chi connectivity index (χ2n) is 4.71. The van der Waals surface area contributed by atoms with Gasteiger partial charge in [0.2, 0.25) is 0 Å². The van der Waals surface area contributed by atoms with Gasteiger partial charge in [-0.2, -0.15) is 0 Å². The van der Waals surface area contributed by atoms with Crippen LogP contribution in [0, 0.1) is 5.92 Å².